The van der Waals surface area contributed by atoms with Crippen molar-refractivity contribution in [3.05, 3.63) is 71.0 Å². The number of imide groups is 1. The Morgan fingerprint density at radius 2 is 1.55 bits per heavy atom. The van der Waals surface area contributed by atoms with Crippen LogP contribution >= 0.6 is 11.6 Å². The number of hydrogen-bond donors (Lipinski definition) is 0. The molecule has 22 heavy (non-hydrogen) atoms. The van der Waals surface area contributed by atoms with Crippen LogP contribution in [0.4, 0.5) is 5.69 Å². The van der Waals surface area contributed by atoms with Crippen molar-refractivity contribution in [2.45, 2.75) is 6.92 Å². The molecule has 0 N–H and O–H groups in total. The minimum atomic E-state index is -0.583. The first-order valence-corrected chi connectivity index (χ1v) is 7.04. The summed E-state index contributed by atoms with van der Waals surface area (Å²) in [5, 5.41) is -0.213. The standard InChI is InChI=1S/C17H12ClNO3/c1-11-7-9-13(10-8-11)22-15-14(18)16(20)19(17(15)21)12-5-3-2-4-6-12/h2-10H,1H3. The van der Waals surface area contributed by atoms with Gasteiger partial charge in [-0.1, -0.05) is 47.5 Å². The minimum absolute atomic E-state index is 0.153. The molecule has 1 aliphatic heterocycles. The maximum atomic E-state index is 12.4. The first-order chi connectivity index (χ1) is 10.6. The molecule has 110 valence electrons. The van der Waals surface area contributed by atoms with Gasteiger partial charge in [-0.15, -0.1) is 0 Å². The first kappa shape index (κ1) is 14.4. The Kier molecular flexibility index (Phi) is 3.69. The maximum Gasteiger partial charge on any atom is 0.302 e. The van der Waals surface area contributed by atoms with Crippen LogP contribution in [0.25, 0.3) is 0 Å². The number of rotatable bonds is 3. The highest BCUT2D eigenvalue weighted by atomic mass is 35.5. The molecule has 0 atom stereocenters. The molecular weight excluding hydrogens is 302 g/mol. The average Bonchev–Trinajstić information content (AvgIpc) is 2.74. The van der Waals surface area contributed by atoms with Crippen molar-refractivity contribution in [3.8, 4) is 5.75 Å². The Morgan fingerprint density at radius 1 is 0.909 bits per heavy atom. The molecule has 2 amide bonds. The number of nitrogens with zero attached hydrogens (tertiary/aromatic N) is 1. The van der Waals surface area contributed by atoms with Crippen molar-refractivity contribution in [1.82, 2.24) is 0 Å². The van der Waals surface area contributed by atoms with Crippen LogP contribution in [0.1, 0.15) is 5.56 Å². The third kappa shape index (κ3) is 2.49. The summed E-state index contributed by atoms with van der Waals surface area (Å²) in [6.07, 6.45) is 0. The molecule has 0 spiro atoms. The normalized spacial score (nSPS) is 14.7. The quantitative estimate of drug-likeness (QED) is 0.816. The van der Waals surface area contributed by atoms with Gasteiger partial charge < -0.3 is 4.74 Å². The van der Waals surface area contributed by atoms with E-state index in [1.54, 1.807) is 42.5 Å². The lowest BCUT2D eigenvalue weighted by atomic mass is 10.2. The van der Waals surface area contributed by atoms with Gasteiger partial charge in [0.25, 0.3) is 5.91 Å². The van der Waals surface area contributed by atoms with Crippen molar-refractivity contribution >= 4 is 29.1 Å². The second kappa shape index (κ2) is 5.66. The summed E-state index contributed by atoms with van der Waals surface area (Å²) in [5.41, 5.74) is 1.52. The van der Waals surface area contributed by atoms with Crippen LogP contribution < -0.4 is 9.64 Å². The number of amides is 2. The van der Waals surface area contributed by atoms with Crippen molar-refractivity contribution in [2.75, 3.05) is 4.90 Å². The van der Waals surface area contributed by atoms with E-state index in [1.165, 1.54) is 0 Å². The van der Waals surface area contributed by atoms with E-state index in [2.05, 4.69) is 0 Å². The summed E-state index contributed by atoms with van der Waals surface area (Å²) in [4.78, 5) is 25.6. The van der Waals surface area contributed by atoms with E-state index in [4.69, 9.17) is 16.3 Å². The predicted molar refractivity (Wildman–Crippen MR) is 83.6 cm³/mol. The summed E-state index contributed by atoms with van der Waals surface area (Å²) in [7, 11) is 0. The van der Waals surface area contributed by atoms with Crippen molar-refractivity contribution in [2.24, 2.45) is 0 Å². The lowest BCUT2D eigenvalue weighted by Gasteiger charge is -2.14. The number of benzene rings is 2. The fourth-order valence-corrected chi connectivity index (χ4v) is 2.31. The summed E-state index contributed by atoms with van der Waals surface area (Å²) >= 11 is 5.99. The first-order valence-electron chi connectivity index (χ1n) is 6.66. The fourth-order valence-electron chi connectivity index (χ4n) is 2.11. The van der Waals surface area contributed by atoms with E-state index in [-0.39, 0.29) is 10.8 Å². The minimum Gasteiger partial charge on any atom is -0.450 e. The maximum absolute atomic E-state index is 12.4. The summed E-state index contributed by atoms with van der Waals surface area (Å²) in [5.74, 6) is -0.851. The lowest BCUT2D eigenvalue weighted by molar-refractivity contribution is -0.121. The molecule has 0 fully saturated rings. The van der Waals surface area contributed by atoms with Crippen LogP contribution in [0.2, 0.25) is 0 Å². The molecule has 5 heteroatoms. The molecule has 1 aliphatic rings. The van der Waals surface area contributed by atoms with Crippen LogP contribution in [-0.4, -0.2) is 11.8 Å². The third-order valence-corrected chi connectivity index (χ3v) is 3.58. The molecule has 0 saturated carbocycles. The Balaban J connectivity index is 1.90. The van der Waals surface area contributed by atoms with Crippen molar-refractivity contribution < 1.29 is 14.3 Å². The van der Waals surface area contributed by atoms with Gasteiger partial charge in [-0.05, 0) is 31.2 Å². The second-order valence-corrected chi connectivity index (χ2v) is 5.22. The van der Waals surface area contributed by atoms with E-state index in [1.807, 2.05) is 19.1 Å². The van der Waals surface area contributed by atoms with Crippen molar-refractivity contribution in [1.29, 1.82) is 0 Å². The van der Waals surface area contributed by atoms with Gasteiger partial charge in [-0.3, -0.25) is 9.59 Å². The highest BCUT2D eigenvalue weighted by molar-refractivity contribution is 6.52. The fraction of sp³-hybridized carbons (Fsp3) is 0.0588. The van der Waals surface area contributed by atoms with Gasteiger partial charge in [0, 0.05) is 0 Å². The van der Waals surface area contributed by atoms with Gasteiger partial charge in [-0.2, -0.15) is 0 Å². The molecule has 0 saturated heterocycles. The van der Waals surface area contributed by atoms with Gasteiger partial charge >= 0.3 is 5.91 Å². The molecule has 0 aromatic heterocycles. The summed E-state index contributed by atoms with van der Waals surface area (Å²) in [6, 6.07) is 15.7. The number of carbonyl (C=O) groups excluding carboxylic acids is 2. The van der Waals surface area contributed by atoms with Gasteiger partial charge in [0.05, 0.1) is 5.69 Å². The lowest BCUT2D eigenvalue weighted by Crippen LogP contribution is -2.31. The Bertz CT molecular complexity index is 766. The monoisotopic (exact) mass is 313 g/mol. The number of ether oxygens (including phenoxy) is 1. The Labute approximate surface area is 132 Å². The third-order valence-electron chi connectivity index (χ3n) is 3.24. The molecule has 0 radical (unpaired) electrons. The van der Waals surface area contributed by atoms with Gasteiger partial charge in [0.1, 0.15) is 5.75 Å². The zero-order valence-corrected chi connectivity index (χ0v) is 12.5. The number of carbonyl (C=O) groups is 2. The summed E-state index contributed by atoms with van der Waals surface area (Å²) in [6.45, 7) is 1.94. The zero-order valence-electron chi connectivity index (χ0n) is 11.7. The van der Waals surface area contributed by atoms with Crippen molar-refractivity contribution in [3.63, 3.8) is 0 Å². The smallest absolute Gasteiger partial charge is 0.302 e. The number of anilines is 1. The molecule has 0 bridgehead atoms. The van der Waals surface area contributed by atoms with E-state index >= 15 is 0 Å². The predicted octanol–water partition coefficient (Wildman–Crippen LogP) is 3.40. The molecule has 0 unspecified atom stereocenters. The highest BCUT2D eigenvalue weighted by Crippen LogP contribution is 2.30. The molecule has 0 aliphatic carbocycles. The van der Waals surface area contributed by atoms with E-state index in [0.29, 0.717) is 11.4 Å². The molecule has 3 rings (SSSR count). The van der Waals surface area contributed by atoms with Gasteiger partial charge in [0.2, 0.25) is 5.76 Å². The van der Waals surface area contributed by atoms with Gasteiger partial charge in [-0.25, -0.2) is 4.90 Å². The van der Waals surface area contributed by atoms with Crippen LogP contribution in [0, 0.1) is 6.92 Å². The van der Waals surface area contributed by atoms with Crippen LogP contribution in [0.5, 0.6) is 5.75 Å². The molecule has 2 aromatic carbocycles. The largest absolute Gasteiger partial charge is 0.450 e. The van der Waals surface area contributed by atoms with E-state index in [9.17, 15) is 9.59 Å². The van der Waals surface area contributed by atoms with Crippen LogP contribution in [-0.2, 0) is 9.59 Å². The van der Waals surface area contributed by atoms with Gasteiger partial charge in [0.15, 0.2) is 5.03 Å². The van der Waals surface area contributed by atoms with E-state index in [0.717, 1.165) is 10.5 Å². The van der Waals surface area contributed by atoms with E-state index < -0.39 is 11.8 Å². The number of para-hydroxylation sites is 1. The average molecular weight is 314 g/mol. The second-order valence-electron chi connectivity index (χ2n) is 4.84. The number of halogens is 1. The topological polar surface area (TPSA) is 46.6 Å². The molecular formula is C17H12ClNO3. The number of aryl methyl sites for hydroxylation is 1. The molecule has 4 nitrogen and oxygen atoms in total. The molecule has 1 heterocycles. The van der Waals surface area contributed by atoms with Crippen LogP contribution in [0.15, 0.2) is 65.4 Å². The zero-order chi connectivity index (χ0) is 15.7. The summed E-state index contributed by atoms with van der Waals surface area (Å²) < 4.78 is 5.51. The SMILES string of the molecule is Cc1ccc(OC2=C(Cl)C(=O)N(c3ccccc3)C2=O)cc1. The van der Waals surface area contributed by atoms with Crippen LogP contribution in [0.3, 0.4) is 0 Å². The molecule has 2 aromatic rings. The highest BCUT2D eigenvalue weighted by Gasteiger charge is 2.40. The Hall–Kier alpha value is -2.59. The number of hydrogen-bond acceptors (Lipinski definition) is 3. The Morgan fingerprint density at radius 3 is 2.18 bits per heavy atom.